The Morgan fingerprint density at radius 2 is 2.00 bits per heavy atom. The second-order valence-electron chi connectivity index (χ2n) is 7.76. The molecule has 0 saturated carbocycles. The van der Waals surface area contributed by atoms with Gasteiger partial charge in [0.1, 0.15) is 5.82 Å². The average Bonchev–Trinajstić information content (AvgIpc) is 3.09. The van der Waals surface area contributed by atoms with E-state index < -0.39 is 0 Å². The molecule has 2 atom stereocenters. The van der Waals surface area contributed by atoms with Gasteiger partial charge in [0, 0.05) is 63.4 Å². The standard InChI is InChI=1S/C21H23N5O/c1-24-9-8-23-20(24)18-5-6-19-16-10-15(12-26(19)21(18)27)11-25(13-16)14-17-4-2-3-7-22-17/h2-9,15-16H,10-14H2,1H3/t15-,16+/m0/s1. The third-order valence-electron chi connectivity index (χ3n) is 5.85. The van der Waals surface area contributed by atoms with E-state index >= 15 is 0 Å². The second-order valence-corrected chi connectivity index (χ2v) is 7.76. The van der Waals surface area contributed by atoms with Gasteiger partial charge in [-0.3, -0.25) is 14.7 Å². The molecule has 0 N–H and O–H groups in total. The zero-order valence-corrected chi connectivity index (χ0v) is 15.5. The Balaban J connectivity index is 1.45. The van der Waals surface area contributed by atoms with Gasteiger partial charge in [0.15, 0.2) is 0 Å². The van der Waals surface area contributed by atoms with Crippen LogP contribution in [0.25, 0.3) is 11.4 Å². The third kappa shape index (κ3) is 2.90. The van der Waals surface area contributed by atoms with Gasteiger partial charge < -0.3 is 9.13 Å². The van der Waals surface area contributed by atoms with Crippen molar-refractivity contribution in [2.45, 2.75) is 25.4 Å². The molecule has 2 aliphatic heterocycles. The van der Waals surface area contributed by atoms with Crippen molar-refractivity contribution in [1.29, 1.82) is 0 Å². The number of aryl methyl sites for hydroxylation is 1. The highest BCUT2D eigenvalue weighted by molar-refractivity contribution is 5.54. The highest BCUT2D eigenvalue weighted by Crippen LogP contribution is 2.36. The summed E-state index contributed by atoms with van der Waals surface area (Å²) in [4.78, 5) is 24.5. The molecule has 27 heavy (non-hydrogen) atoms. The summed E-state index contributed by atoms with van der Waals surface area (Å²) in [6.45, 7) is 3.67. The molecular formula is C21H23N5O. The van der Waals surface area contributed by atoms with Crippen LogP contribution >= 0.6 is 0 Å². The van der Waals surface area contributed by atoms with Gasteiger partial charge in [-0.15, -0.1) is 0 Å². The quantitative estimate of drug-likeness (QED) is 0.718. The number of aromatic nitrogens is 4. The zero-order valence-electron chi connectivity index (χ0n) is 15.5. The first kappa shape index (κ1) is 16.4. The van der Waals surface area contributed by atoms with Gasteiger partial charge in [0.2, 0.25) is 0 Å². The van der Waals surface area contributed by atoms with E-state index in [1.54, 1.807) is 6.20 Å². The Kier molecular flexibility index (Phi) is 3.93. The van der Waals surface area contributed by atoms with E-state index in [4.69, 9.17) is 0 Å². The van der Waals surface area contributed by atoms with E-state index in [9.17, 15) is 4.79 Å². The first-order valence-corrected chi connectivity index (χ1v) is 9.53. The highest BCUT2D eigenvalue weighted by Gasteiger charge is 2.35. The highest BCUT2D eigenvalue weighted by atomic mass is 16.1. The van der Waals surface area contributed by atoms with Crippen LogP contribution in [0.2, 0.25) is 0 Å². The number of pyridine rings is 2. The minimum absolute atomic E-state index is 0.0923. The van der Waals surface area contributed by atoms with Gasteiger partial charge in [-0.25, -0.2) is 4.98 Å². The number of piperidine rings is 1. The minimum Gasteiger partial charge on any atom is -0.334 e. The van der Waals surface area contributed by atoms with Crippen LogP contribution in [0.5, 0.6) is 0 Å². The van der Waals surface area contributed by atoms with E-state index in [1.165, 1.54) is 12.1 Å². The zero-order chi connectivity index (χ0) is 18.4. The minimum atomic E-state index is 0.0923. The van der Waals surface area contributed by atoms with E-state index in [2.05, 4.69) is 27.0 Å². The second kappa shape index (κ2) is 6.46. The van der Waals surface area contributed by atoms with Gasteiger partial charge in [0.05, 0.1) is 11.3 Å². The molecule has 0 aliphatic carbocycles. The number of likely N-dealkylation sites (tertiary alicyclic amines) is 1. The lowest BCUT2D eigenvalue weighted by atomic mass is 9.83. The molecule has 0 spiro atoms. The summed E-state index contributed by atoms with van der Waals surface area (Å²) in [5.74, 6) is 1.65. The van der Waals surface area contributed by atoms with Crippen LogP contribution in [-0.4, -0.2) is 37.1 Å². The predicted octanol–water partition coefficient (Wildman–Crippen LogP) is 2.26. The number of nitrogens with zero attached hydrogens (tertiary/aromatic N) is 5. The first-order chi connectivity index (χ1) is 13.2. The molecule has 6 heteroatoms. The summed E-state index contributed by atoms with van der Waals surface area (Å²) in [6.07, 6.45) is 6.64. The van der Waals surface area contributed by atoms with E-state index in [0.717, 1.165) is 37.7 Å². The monoisotopic (exact) mass is 361 g/mol. The maximum atomic E-state index is 13.2. The Bertz CT molecular complexity index is 1020. The summed E-state index contributed by atoms with van der Waals surface area (Å²) >= 11 is 0. The molecule has 0 radical (unpaired) electrons. The number of fused-ring (bicyclic) bond motifs is 4. The largest absolute Gasteiger partial charge is 0.334 e. The van der Waals surface area contributed by atoms with Gasteiger partial charge in [0.25, 0.3) is 5.56 Å². The number of rotatable bonds is 3. The van der Waals surface area contributed by atoms with Gasteiger partial charge in [-0.1, -0.05) is 6.07 Å². The summed E-state index contributed by atoms with van der Waals surface area (Å²) in [5.41, 5.74) is 3.06. The third-order valence-corrected chi connectivity index (χ3v) is 5.85. The lowest BCUT2D eigenvalue weighted by Crippen LogP contribution is -2.47. The molecule has 1 fully saturated rings. The Hall–Kier alpha value is -2.73. The van der Waals surface area contributed by atoms with Crippen molar-refractivity contribution in [3.05, 3.63) is 70.7 Å². The van der Waals surface area contributed by atoms with E-state index in [1.807, 2.05) is 46.8 Å². The summed E-state index contributed by atoms with van der Waals surface area (Å²) in [5, 5.41) is 0. The van der Waals surface area contributed by atoms with Gasteiger partial charge >= 0.3 is 0 Å². The maximum absolute atomic E-state index is 13.2. The Morgan fingerprint density at radius 3 is 2.78 bits per heavy atom. The Labute approximate surface area is 158 Å². The van der Waals surface area contributed by atoms with Crippen molar-refractivity contribution in [3.63, 3.8) is 0 Å². The number of imidazole rings is 1. The van der Waals surface area contributed by atoms with E-state index in [-0.39, 0.29) is 5.56 Å². The fourth-order valence-electron chi connectivity index (χ4n) is 4.69. The summed E-state index contributed by atoms with van der Waals surface area (Å²) in [6, 6.07) is 10.2. The first-order valence-electron chi connectivity index (χ1n) is 9.53. The van der Waals surface area contributed by atoms with Crippen LogP contribution in [0.4, 0.5) is 0 Å². The number of hydrogen-bond acceptors (Lipinski definition) is 4. The molecule has 2 bridgehead atoms. The molecule has 0 aromatic carbocycles. The van der Waals surface area contributed by atoms with Crippen molar-refractivity contribution in [3.8, 4) is 11.4 Å². The van der Waals surface area contributed by atoms with Crippen LogP contribution in [0, 0.1) is 5.92 Å². The fourth-order valence-corrected chi connectivity index (χ4v) is 4.69. The molecule has 5 rings (SSSR count). The summed E-state index contributed by atoms with van der Waals surface area (Å²) < 4.78 is 3.91. The number of hydrogen-bond donors (Lipinski definition) is 0. The molecule has 0 amide bonds. The molecule has 0 unspecified atom stereocenters. The molecular weight excluding hydrogens is 338 g/mol. The predicted molar refractivity (Wildman–Crippen MR) is 103 cm³/mol. The van der Waals surface area contributed by atoms with E-state index in [0.29, 0.717) is 17.4 Å². The van der Waals surface area contributed by atoms with Crippen LogP contribution in [-0.2, 0) is 20.1 Å². The van der Waals surface area contributed by atoms with Crippen molar-refractivity contribution in [2.24, 2.45) is 13.0 Å². The Morgan fingerprint density at radius 1 is 1.07 bits per heavy atom. The molecule has 3 aromatic rings. The molecule has 1 saturated heterocycles. The van der Waals surface area contributed by atoms with Crippen LogP contribution in [0.15, 0.2) is 53.7 Å². The maximum Gasteiger partial charge on any atom is 0.261 e. The molecule has 2 aliphatic rings. The smallest absolute Gasteiger partial charge is 0.261 e. The van der Waals surface area contributed by atoms with Crippen molar-refractivity contribution >= 4 is 0 Å². The molecule has 5 heterocycles. The fraction of sp³-hybridized carbons (Fsp3) is 0.381. The summed E-state index contributed by atoms with van der Waals surface area (Å²) in [7, 11) is 1.93. The van der Waals surface area contributed by atoms with Crippen molar-refractivity contribution < 1.29 is 0 Å². The SMILES string of the molecule is Cn1ccnc1-c1ccc2n(c1=O)C[C@H]1C[C@@H]2CN(Cc2ccccn2)C1. The lowest BCUT2D eigenvalue weighted by molar-refractivity contribution is 0.113. The topological polar surface area (TPSA) is 56.0 Å². The van der Waals surface area contributed by atoms with Crippen LogP contribution < -0.4 is 5.56 Å². The normalized spacial score (nSPS) is 21.8. The van der Waals surface area contributed by atoms with Crippen molar-refractivity contribution in [2.75, 3.05) is 13.1 Å². The molecule has 138 valence electrons. The molecule has 6 nitrogen and oxygen atoms in total. The average molecular weight is 361 g/mol. The van der Waals surface area contributed by atoms with Crippen LogP contribution in [0.1, 0.15) is 23.7 Å². The van der Waals surface area contributed by atoms with Crippen molar-refractivity contribution in [1.82, 2.24) is 24.0 Å². The van der Waals surface area contributed by atoms with Gasteiger partial charge in [-0.2, -0.15) is 0 Å². The molecule has 3 aromatic heterocycles. The lowest BCUT2D eigenvalue weighted by Gasteiger charge is -2.42. The van der Waals surface area contributed by atoms with Crippen LogP contribution in [0.3, 0.4) is 0 Å². The van der Waals surface area contributed by atoms with Gasteiger partial charge in [-0.05, 0) is 36.6 Å².